The zero-order valence-electron chi connectivity index (χ0n) is 16.9. The van der Waals surface area contributed by atoms with Gasteiger partial charge >= 0.3 is 0 Å². The Kier molecular flexibility index (Phi) is 6.53. The molecule has 0 fully saturated rings. The number of azo groups is 1. The number of H-pyrrole nitrogens is 1. The van der Waals surface area contributed by atoms with Crippen LogP contribution in [0, 0.1) is 6.92 Å². The second-order valence-electron chi connectivity index (χ2n) is 6.95. The molecule has 1 amide bonds. The number of aromatic amines is 1. The maximum absolute atomic E-state index is 12.5. The lowest BCUT2D eigenvalue weighted by atomic mass is 10.1. The molecule has 0 bridgehead atoms. The van der Waals surface area contributed by atoms with E-state index in [1.165, 1.54) is 43.3 Å². The molecular weight excluding hydrogens is 458 g/mol. The molecule has 2 aromatic carbocycles. The summed E-state index contributed by atoms with van der Waals surface area (Å²) in [6.45, 7) is 2.94. The number of sulfonamides is 1. The van der Waals surface area contributed by atoms with Crippen LogP contribution in [-0.2, 0) is 19.6 Å². The monoisotopic (exact) mass is 475 g/mol. The van der Waals surface area contributed by atoms with Gasteiger partial charge in [0, 0.05) is 17.1 Å². The number of halogens is 1. The lowest BCUT2D eigenvalue weighted by Crippen LogP contribution is -2.31. The Labute approximate surface area is 187 Å². The molecule has 3 rings (SSSR count). The van der Waals surface area contributed by atoms with E-state index < -0.39 is 27.8 Å². The number of aromatic nitrogens is 1. The van der Waals surface area contributed by atoms with Crippen LogP contribution in [0.15, 0.2) is 62.4 Å². The Morgan fingerprint density at radius 3 is 2.41 bits per heavy atom. The smallest absolute Gasteiger partial charge is 0.258 e. The van der Waals surface area contributed by atoms with E-state index in [1.54, 1.807) is 13.0 Å². The summed E-state index contributed by atoms with van der Waals surface area (Å²) in [5.74, 6) is -1.35. The predicted molar refractivity (Wildman–Crippen MR) is 120 cm³/mol. The minimum atomic E-state index is -3.88. The van der Waals surface area contributed by atoms with Gasteiger partial charge in [0.2, 0.25) is 21.6 Å². The fourth-order valence-corrected chi connectivity index (χ4v) is 3.61. The van der Waals surface area contributed by atoms with Gasteiger partial charge in [0.25, 0.3) is 5.91 Å². The van der Waals surface area contributed by atoms with Crippen molar-refractivity contribution in [2.45, 2.75) is 24.8 Å². The molecular formula is C20H18ClN5O5S. The molecule has 1 heterocycles. The van der Waals surface area contributed by atoms with Crippen LogP contribution >= 0.6 is 11.6 Å². The van der Waals surface area contributed by atoms with Crippen molar-refractivity contribution < 1.29 is 18.0 Å². The Balaban J connectivity index is 1.86. The number of primary sulfonamides is 1. The first kappa shape index (κ1) is 23.3. The standard InChI is InChI=1S/C20H18ClN5O5S/c1-10-7-18(28)24-16-9-17(15(21)8-14(10)16)25-26-19(11(2)27)20(29)23-12-3-5-13(6-4-12)32(22,30)31/h3-9,19H,1-2H3,(H,23,29)(H,24,28)(H2,22,30,31). The van der Waals surface area contributed by atoms with Gasteiger partial charge in [-0.15, -0.1) is 0 Å². The number of nitrogens with one attached hydrogen (secondary N) is 2. The van der Waals surface area contributed by atoms with Gasteiger partial charge in [-0.05, 0) is 55.8 Å². The molecule has 0 saturated heterocycles. The molecule has 4 N–H and O–H groups in total. The van der Waals surface area contributed by atoms with Crippen LogP contribution in [0.2, 0.25) is 5.02 Å². The normalized spacial score (nSPS) is 12.8. The molecule has 0 aliphatic heterocycles. The van der Waals surface area contributed by atoms with Crippen LogP contribution in [0.5, 0.6) is 0 Å². The first-order chi connectivity index (χ1) is 15.0. The zero-order chi connectivity index (χ0) is 23.6. The van der Waals surface area contributed by atoms with Crippen molar-refractivity contribution in [1.82, 2.24) is 4.98 Å². The van der Waals surface area contributed by atoms with E-state index in [0.29, 0.717) is 5.52 Å². The summed E-state index contributed by atoms with van der Waals surface area (Å²) in [6.07, 6.45) is 0. The van der Waals surface area contributed by atoms with E-state index in [1.807, 2.05) is 0 Å². The highest BCUT2D eigenvalue weighted by Crippen LogP contribution is 2.31. The molecule has 10 nitrogen and oxygen atoms in total. The maximum atomic E-state index is 12.5. The van der Waals surface area contributed by atoms with Crippen LogP contribution in [-0.4, -0.2) is 31.1 Å². The van der Waals surface area contributed by atoms with Gasteiger partial charge in [0.15, 0.2) is 5.78 Å². The summed E-state index contributed by atoms with van der Waals surface area (Å²) < 4.78 is 22.6. The average molecular weight is 476 g/mol. The largest absolute Gasteiger partial charge is 0.324 e. The summed E-state index contributed by atoms with van der Waals surface area (Å²) in [7, 11) is -3.88. The van der Waals surface area contributed by atoms with Crippen molar-refractivity contribution in [3.63, 3.8) is 0 Å². The van der Waals surface area contributed by atoms with Gasteiger partial charge in [-0.2, -0.15) is 10.2 Å². The molecule has 0 spiro atoms. The van der Waals surface area contributed by atoms with Gasteiger partial charge in [-0.3, -0.25) is 14.4 Å². The molecule has 32 heavy (non-hydrogen) atoms. The first-order valence-corrected chi connectivity index (χ1v) is 11.1. The summed E-state index contributed by atoms with van der Waals surface area (Å²) in [5, 5.41) is 16.2. The number of Topliss-reactive ketones (excluding diaryl/α,β-unsaturated/α-hetero) is 1. The molecule has 0 aliphatic rings. The van der Waals surface area contributed by atoms with E-state index >= 15 is 0 Å². The van der Waals surface area contributed by atoms with Crippen molar-refractivity contribution in [3.8, 4) is 0 Å². The molecule has 166 valence electrons. The Morgan fingerprint density at radius 2 is 1.81 bits per heavy atom. The third-order valence-corrected chi connectivity index (χ3v) is 5.71. The van der Waals surface area contributed by atoms with Crippen LogP contribution in [0.3, 0.4) is 0 Å². The second kappa shape index (κ2) is 8.99. The fraction of sp³-hybridized carbons (Fsp3) is 0.150. The second-order valence-corrected chi connectivity index (χ2v) is 8.92. The highest BCUT2D eigenvalue weighted by atomic mass is 35.5. The molecule has 1 atom stereocenters. The highest BCUT2D eigenvalue weighted by Gasteiger charge is 2.23. The van der Waals surface area contributed by atoms with E-state index in [2.05, 4.69) is 20.5 Å². The van der Waals surface area contributed by atoms with Crippen LogP contribution in [0.1, 0.15) is 12.5 Å². The number of pyridine rings is 1. The molecule has 0 radical (unpaired) electrons. The van der Waals surface area contributed by atoms with Gasteiger partial charge in [-0.1, -0.05) is 11.6 Å². The number of rotatable bonds is 6. The van der Waals surface area contributed by atoms with Crippen LogP contribution < -0.4 is 16.0 Å². The topological polar surface area (TPSA) is 164 Å². The molecule has 1 unspecified atom stereocenters. The summed E-state index contributed by atoms with van der Waals surface area (Å²) in [4.78, 5) is 38.8. The number of carbonyl (C=O) groups is 2. The lowest BCUT2D eigenvalue weighted by molar-refractivity contribution is -0.126. The summed E-state index contributed by atoms with van der Waals surface area (Å²) >= 11 is 6.25. The number of hydrogen-bond acceptors (Lipinski definition) is 7. The van der Waals surface area contributed by atoms with Crippen molar-refractivity contribution in [3.05, 3.63) is 63.4 Å². The van der Waals surface area contributed by atoms with Gasteiger partial charge in [-0.25, -0.2) is 13.6 Å². The lowest BCUT2D eigenvalue weighted by Gasteiger charge is -2.10. The molecule has 3 aromatic rings. The molecule has 1 aromatic heterocycles. The number of hydrogen-bond donors (Lipinski definition) is 3. The fourth-order valence-electron chi connectivity index (χ4n) is 2.89. The number of carbonyl (C=O) groups excluding carboxylic acids is 2. The quantitative estimate of drug-likeness (QED) is 0.368. The maximum Gasteiger partial charge on any atom is 0.258 e. The number of benzene rings is 2. The van der Waals surface area contributed by atoms with Gasteiger partial charge < -0.3 is 10.3 Å². The molecule has 12 heteroatoms. The van der Waals surface area contributed by atoms with Crippen LogP contribution in [0.25, 0.3) is 10.9 Å². The number of ketones is 1. The Morgan fingerprint density at radius 1 is 1.16 bits per heavy atom. The number of nitrogens with zero attached hydrogens (tertiary/aromatic N) is 2. The first-order valence-electron chi connectivity index (χ1n) is 9.14. The minimum Gasteiger partial charge on any atom is -0.324 e. The van der Waals surface area contributed by atoms with E-state index in [0.717, 1.165) is 10.9 Å². The van der Waals surface area contributed by atoms with Crippen molar-refractivity contribution in [2.75, 3.05) is 5.32 Å². The Hall–Kier alpha value is -3.41. The zero-order valence-corrected chi connectivity index (χ0v) is 18.5. The van der Waals surface area contributed by atoms with Gasteiger partial charge in [0.1, 0.15) is 5.69 Å². The summed E-state index contributed by atoms with van der Waals surface area (Å²) in [6, 6.07) is 8.14. The third kappa shape index (κ3) is 5.25. The SMILES string of the molecule is CC(=O)C(N=Nc1cc2[nH]c(=O)cc(C)c2cc1Cl)C(=O)Nc1ccc(S(N)(=O)=O)cc1. The van der Waals surface area contributed by atoms with E-state index in [-0.39, 0.29) is 26.9 Å². The highest BCUT2D eigenvalue weighted by molar-refractivity contribution is 7.89. The van der Waals surface area contributed by atoms with E-state index in [9.17, 15) is 22.8 Å². The number of anilines is 1. The number of aryl methyl sites for hydroxylation is 1. The number of fused-ring (bicyclic) bond motifs is 1. The third-order valence-electron chi connectivity index (χ3n) is 4.48. The van der Waals surface area contributed by atoms with E-state index in [4.69, 9.17) is 16.7 Å². The van der Waals surface area contributed by atoms with Crippen molar-refractivity contribution in [2.24, 2.45) is 15.4 Å². The average Bonchev–Trinajstić information content (AvgIpc) is 2.68. The number of amides is 1. The predicted octanol–water partition coefficient (Wildman–Crippen LogP) is 2.82. The summed E-state index contributed by atoms with van der Waals surface area (Å²) in [5.41, 5.74) is 1.31. The van der Waals surface area contributed by atoms with Crippen molar-refractivity contribution in [1.29, 1.82) is 0 Å². The Bertz CT molecular complexity index is 1410. The van der Waals surface area contributed by atoms with Gasteiger partial charge in [0.05, 0.1) is 15.4 Å². The minimum absolute atomic E-state index is 0.127. The van der Waals surface area contributed by atoms with Crippen LogP contribution in [0.4, 0.5) is 11.4 Å². The molecule has 0 aliphatic carbocycles. The molecule has 0 saturated carbocycles. The number of nitrogens with two attached hydrogens (primary N) is 1. The van der Waals surface area contributed by atoms with Crippen molar-refractivity contribution >= 4 is 55.6 Å².